The molecular weight excluding hydrogens is 368 g/mol. The fourth-order valence-electron chi connectivity index (χ4n) is 3.47. The van der Waals surface area contributed by atoms with Crippen molar-refractivity contribution in [2.45, 2.75) is 44.7 Å². The summed E-state index contributed by atoms with van der Waals surface area (Å²) in [6, 6.07) is 7.20. The summed E-state index contributed by atoms with van der Waals surface area (Å²) in [5.41, 5.74) is 2.11. The van der Waals surface area contributed by atoms with E-state index in [1.807, 2.05) is 13.0 Å². The van der Waals surface area contributed by atoms with Gasteiger partial charge in [0.1, 0.15) is 0 Å². The van der Waals surface area contributed by atoms with E-state index in [1.54, 1.807) is 30.6 Å². The minimum Gasteiger partial charge on any atom is -0.349 e. The predicted octanol–water partition coefficient (Wildman–Crippen LogP) is 2.47. The largest absolute Gasteiger partial charge is 0.349 e. The number of nitrogens with zero attached hydrogens (tertiary/aromatic N) is 3. The molecule has 152 valence electrons. The van der Waals surface area contributed by atoms with Gasteiger partial charge in [0.2, 0.25) is 5.95 Å². The monoisotopic (exact) mass is 394 g/mol. The van der Waals surface area contributed by atoms with Crippen molar-refractivity contribution < 1.29 is 9.59 Å². The summed E-state index contributed by atoms with van der Waals surface area (Å²) in [4.78, 5) is 35.5. The lowest BCUT2D eigenvalue weighted by Crippen LogP contribution is -2.49. The summed E-state index contributed by atoms with van der Waals surface area (Å²) >= 11 is 0. The van der Waals surface area contributed by atoms with E-state index >= 15 is 0 Å². The van der Waals surface area contributed by atoms with Gasteiger partial charge < -0.3 is 20.9 Å². The lowest BCUT2D eigenvalue weighted by atomic mass is 10.1. The molecular formula is C21H26N6O2. The van der Waals surface area contributed by atoms with Crippen LogP contribution in [0.25, 0.3) is 0 Å². The van der Waals surface area contributed by atoms with Crippen molar-refractivity contribution in [2.24, 2.45) is 0 Å². The van der Waals surface area contributed by atoms with Gasteiger partial charge in [0.25, 0.3) is 5.91 Å². The van der Waals surface area contributed by atoms with E-state index in [1.165, 1.54) is 0 Å². The fraction of sp³-hybridized carbons (Fsp3) is 0.429. The molecule has 4 rings (SSSR count). The van der Waals surface area contributed by atoms with Gasteiger partial charge in [-0.05, 0) is 56.4 Å². The highest BCUT2D eigenvalue weighted by molar-refractivity contribution is 5.97. The number of carbonyl (C=O) groups excluding carboxylic acids is 2. The lowest BCUT2D eigenvalue weighted by molar-refractivity contribution is 0.0951. The summed E-state index contributed by atoms with van der Waals surface area (Å²) in [5.74, 6) is 0.589. The summed E-state index contributed by atoms with van der Waals surface area (Å²) < 4.78 is 0. The van der Waals surface area contributed by atoms with Gasteiger partial charge in [-0.25, -0.2) is 14.8 Å². The first-order valence-corrected chi connectivity index (χ1v) is 10.1. The van der Waals surface area contributed by atoms with Crippen LogP contribution in [0.3, 0.4) is 0 Å². The first kappa shape index (κ1) is 19.2. The molecule has 1 saturated carbocycles. The third-order valence-electron chi connectivity index (χ3n) is 5.25. The van der Waals surface area contributed by atoms with Crippen molar-refractivity contribution in [2.75, 3.05) is 23.3 Å². The molecule has 1 aromatic carbocycles. The van der Waals surface area contributed by atoms with E-state index in [2.05, 4.69) is 30.8 Å². The molecule has 8 heteroatoms. The number of hydrogen-bond donors (Lipinski definition) is 3. The van der Waals surface area contributed by atoms with Crippen LogP contribution in [0.15, 0.2) is 36.7 Å². The Hall–Kier alpha value is -3.16. The maximum Gasteiger partial charge on any atom is 0.319 e. The average molecular weight is 394 g/mol. The van der Waals surface area contributed by atoms with Crippen molar-refractivity contribution in [3.05, 3.63) is 47.8 Å². The first-order valence-electron chi connectivity index (χ1n) is 10.1. The van der Waals surface area contributed by atoms with E-state index in [4.69, 9.17) is 0 Å². The molecule has 1 aromatic heterocycles. The third kappa shape index (κ3) is 5.01. The SMILES string of the molecule is Cc1ccc(C(=O)NC2CC2)cc1NC(=O)NC1CCCN(c2ncccn2)C1. The van der Waals surface area contributed by atoms with Gasteiger partial charge >= 0.3 is 6.03 Å². The highest BCUT2D eigenvalue weighted by Crippen LogP contribution is 2.21. The fourth-order valence-corrected chi connectivity index (χ4v) is 3.47. The molecule has 2 heterocycles. The van der Waals surface area contributed by atoms with Crippen molar-refractivity contribution >= 4 is 23.6 Å². The number of benzene rings is 1. The number of rotatable bonds is 5. The second-order valence-electron chi connectivity index (χ2n) is 7.71. The number of anilines is 2. The molecule has 29 heavy (non-hydrogen) atoms. The molecule has 0 spiro atoms. The quantitative estimate of drug-likeness (QED) is 0.724. The summed E-state index contributed by atoms with van der Waals surface area (Å²) in [6.45, 7) is 3.45. The summed E-state index contributed by atoms with van der Waals surface area (Å²) in [6.07, 6.45) is 7.39. The smallest absolute Gasteiger partial charge is 0.319 e. The van der Waals surface area contributed by atoms with Crippen LogP contribution in [-0.2, 0) is 0 Å². The summed E-state index contributed by atoms with van der Waals surface area (Å²) in [5, 5.41) is 8.91. The zero-order valence-electron chi connectivity index (χ0n) is 16.5. The molecule has 1 aliphatic carbocycles. The number of urea groups is 1. The normalized spacial score (nSPS) is 18.8. The molecule has 0 bridgehead atoms. The minimum absolute atomic E-state index is 0.00853. The molecule has 3 N–H and O–H groups in total. The zero-order chi connectivity index (χ0) is 20.2. The molecule has 1 atom stereocenters. The average Bonchev–Trinajstić information content (AvgIpc) is 3.54. The number of amides is 3. The number of hydrogen-bond acceptors (Lipinski definition) is 5. The number of aromatic nitrogens is 2. The van der Waals surface area contributed by atoms with Crippen LogP contribution in [0.5, 0.6) is 0 Å². The van der Waals surface area contributed by atoms with Gasteiger partial charge in [-0.3, -0.25) is 4.79 Å². The maximum atomic E-state index is 12.6. The third-order valence-corrected chi connectivity index (χ3v) is 5.25. The van der Waals surface area contributed by atoms with Crippen LogP contribution in [0, 0.1) is 6.92 Å². The Labute approximate surface area is 170 Å². The van der Waals surface area contributed by atoms with Crippen LogP contribution in [0.1, 0.15) is 41.6 Å². The molecule has 0 radical (unpaired) electrons. The molecule has 3 amide bonds. The Bertz CT molecular complexity index is 884. The van der Waals surface area contributed by atoms with E-state index in [9.17, 15) is 9.59 Å². The van der Waals surface area contributed by atoms with Crippen molar-refractivity contribution in [1.82, 2.24) is 20.6 Å². The molecule has 8 nitrogen and oxygen atoms in total. The molecule has 2 fully saturated rings. The second kappa shape index (κ2) is 8.46. The second-order valence-corrected chi connectivity index (χ2v) is 7.71. The topological polar surface area (TPSA) is 99.2 Å². The van der Waals surface area contributed by atoms with E-state index in [0.29, 0.717) is 29.8 Å². The maximum absolute atomic E-state index is 12.6. The van der Waals surface area contributed by atoms with Crippen molar-refractivity contribution in [1.29, 1.82) is 0 Å². The van der Waals surface area contributed by atoms with Gasteiger partial charge in [0, 0.05) is 48.8 Å². The van der Waals surface area contributed by atoms with Crippen LogP contribution >= 0.6 is 0 Å². The van der Waals surface area contributed by atoms with Crippen molar-refractivity contribution in [3.8, 4) is 0 Å². The zero-order valence-corrected chi connectivity index (χ0v) is 16.5. The first-order chi connectivity index (χ1) is 14.1. The minimum atomic E-state index is -0.270. The van der Waals surface area contributed by atoms with Gasteiger partial charge in [-0.1, -0.05) is 6.07 Å². The Morgan fingerprint density at radius 1 is 1.07 bits per heavy atom. The number of carbonyl (C=O) groups is 2. The van der Waals surface area contributed by atoms with E-state index in [0.717, 1.165) is 37.8 Å². The number of piperidine rings is 1. The number of nitrogens with one attached hydrogen (secondary N) is 3. The Kier molecular flexibility index (Phi) is 5.59. The molecule has 2 aromatic rings. The highest BCUT2D eigenvalue weighted by Gasteiger charge is 2.25. The van der Waals surface area contributed by atoms with Crippen LogP contribution in [-0.4, -0.2) is 47.1 Å². The van der Waals surface area contributed by atoms with Gasteiger partial charge in [-0.15, -0.1) is 0 Å². The molecule has 2 aliphatic rings. The molecule has 1 unspecified atom stereocenters. The number of aryl methyl sites for hydroxylation is 1. The van der Waals surface area contributed by atoms with Gasteiger partial charge in [0.15, 0.2) is 0 Å². The Balaban J connectivity index is 1.36. The van der Waals surface area contributed by atoms with Crippen molar-refractivity contribution in [3.63, 3.8) is 0 Å². The van der Waals surface area contributed by atoms with E-state index < -0.39 is 0 Å². The van der Waals surface area contributed by atoms with E-state index in [-0.39, 0.29) is 18.0 Å². The lowest BCUT2D eigenvalue weighted by Gasteiger charge is -2.33. The molecule has 1 saturated heterocycles. The predicted molar refractivity (Wildman–Crippen MR) is 111 cm³/mol. The van der Waals surface area contributed by atoms with Crippen LogP contribution < -0.4 is 20.9 Å². The highest BCUT2D eigenvalue weighted by atomic mass is 16.2. The van der Waals surface area contributed by atoms with Gasteiger partial charge in [0.05, 0.1) is 0 Å². The van der Waals surface area contributed by atoms with Crippen LogP contribution in [0.4, 0.5) is 16.4 Å². The Morgan fingerprint density at radius 2 is 1.86 bits per heavy atom. The van der Waals surface area contributed by atoms with Gasteiger partial charge in [-0.2, -0.15) is 0 Å². The summed E-state index contributed by atoms with van der Waals surface area (Å²) in [7, 11) is 0. The standard InChI is InChI=1S/C21H26N6O2/c1-14-5-6-15(19(28)24-16-7-8-16)12-18(14)26-21(29)25-17-4-2-11-27(13-17)20-22-9-3-10-23-20/h3,5-6,9-10,12,16-17H,2,4,7-8,11,13H2,1H3,(H,24,28)(H2,25,26,29). The Morgan fingerprint density at radius 3 is 2.62 bits per heavy atom. The van der Waals surface area contributed by atoms with Crippen LogP contribution in [0.2, 0.25) is 0 Å². The molecule has 1 aliphatic heterocycles.